The Morgan fingerprint density at radius 3 is 1.82 bits per heavy atom. The highest BCUT2D eigenvalue weighted by Gasteiger charge is 2.43. The average Bonchev–Trinajstić information content (AvgIpc) is 3.97. The first-order chi connectivity index (χ1) is 35.6. The van der Waals surface area contributed by atoms with Crippen LogP contribution in [-0.2, 0) is 28.7 Å². The van der Waals surface area contributed by atoms with E-state index in [0.717, 1.165) is 33.4 Å². The van der Waals surface area contributed by atoms with Gasteiger partial charge in [-0.15, -0.1) is 0 Å². The van der Waals surface area contributed by atoms with Crippen molar-refractivity contribution in [3.05, 3.63) is 167 Å². The smallest absolute Gasteiger partial charge is 0.411 e. The number of rotatable bonds is 18. The van der Waals surface area contributed by atoms with Crippen molar-refractivity contribution in [3.8, 4) is 11.1 Å². The Labute approximate surface area is 430 Å². The molecule has 5 aromatic rings. The van der Waals surface area contributed by atoms with E-state index in [0.29, 0.717) is 12.0 Å². The third-order valence-electron chi connectivity index (χ3n) is 12.5. The predicted octanol–water partition coefficient (Wildman–Crippen LogP) is 6.35. The third-order valence-corrected chi connectivity index (χ3v) is 12.5. The van der Waals surface area contributed by atoms with Gasteiger partial charge in [0.05, 0.1) is 24.7 Å². The summed E-state index contributed by atoms with van der Waals surface area (Å²) in [5.41, 5.74) is 7.35. The summed E-state index contributed by atoms with van der Waals surface area (Å²) >= 11 is 0. The fraction of sp³-hybridized carbons (Fsp3) is 0.321. The topological polar surface area (TPSA) is 238 Å². The van der Waals surface area contributed by atoms with Crippen LogP contribution >= 0.6 is 0 Å². The summed E-state index contributed by atoms with van der Waals surface area (Å²) in [5.74, 6) is -3.05. The van der Waals surface area contributed by atoms with Crippen molar-refractivity contribution in [1.82, 2.24) is 42.2 Å². The number of amides is 8. The van der Waals surface area contributed by atoms with Crippen LogP contribution in [0.3, 0.4) is 0 Å². The van der Waals surface area contributed by atoms with E-state index in [1.165, 1.54) is 11.9 Å². The maximum absolute atomic E-state index is 14.6. The molecule has 1 aliphatic heterocycles. The van der Waals surface area contributed by atoms with Gasteiger partial charge in [-0.05, 0) is 72.6 Å². The summed E-state index contributed by atoms with van der Waals surface area (Å²) in [7, 11) is 1.43. The maximum Gasteiger partial charge on any atom is 0.411 e. The van der Waals surface area contributed by atoms with Gasteiger partial charge in [-0.3, -0.25) is 24.1 Å². The van der Waals surface area contributed by atoms with Crippen LogP contribution in [0.25, 0.3) is 11.1 Å². The second-order valence-electron chi connectivity index (χ2n) is 18.9. The number of nitrogens with zero attached hydrogens (tertiary/aromatic N) is 2. The van der Waals surface area contributed by atoms with Gasteiger partial charge >= 0.3 is 18.2 Å². The zero-order valence-corrected chi connectivity index (χ0v) is 42.1. The van der Waals surface area contributed by atoms with Gasteiger partial charge in [-0.2, -0.15) is 5.10 Å². The van der Waals surface area contributed by atoms with Crippen molar-refractivity contribution < 1.29 is 43.0 Å². The van der Waals surface area contributed by atoms with E-state index in [2.05, 4.69) is 42.4 Å². The molecule has 0 spiro atoms. The number of carbonyl (C=O) groups is 7. The zero-order valence-electron chi connectivity index (χ0n) is 42.1. The van der Waals surface area contributed by atoms with Gasteiger partial charge in [0.15, 0.2) is 0 Å². The third kappa shape index (κ3) is 13.7. The van der Waals surface area contributed by atoms with Crippen molar-refractivity contribution >= 4 is 47.6 Å². The average molecular weight is 1010 g/mol. The normalized spacial score (nSPS) is 15.9. The molecule has 1 saturated heterocycles. The molecule has 1 unspecified atom stereocenters. The van der Waals surface area contributed by atoms with Crippen LogP contribution in [0.1, 0.15) is 92.8 Å². The van der Waals surface area contributed by atoms with E-state index in [-0.39, 0.29) is 37.6 Å². The van der Waals surface area contributed by atoms with Crippen LogP contribution in [0.15, 0.2) is 145 Å². The highest BCUT2D eigenvalue weighted by Crippen LogP contribution is 2.44. The molecule has 4 atom stereocenters. The number of likely N-dealkylation sites (tertiary alicyclic amines) is 1. The van der Waals surface area contributed by atoms with Gasteiger partial charge in [0.2, 0.25) is 17.7 Å². The van der Waals surface area contributed by atoms with Gasteiger partial charge in [0.1, 0.15) is 30.0 Å². The Bertz CT molecular complexity index is 2740. The molecule has 0 bridgehead atoms. The Kier molecular flexibility index (Phi) is 17.8. The van der Waals surface area contributed by atoms with Crippen molar-refractivity contribution in [1.29, 1.82) is 0 Å². The molecule has 0 saturated carbocycles. The van der Waals surface area contributed by atoms with Gasteiger partial charge in [0.25, 0.3) is 5.91 Å². The molecule has 1 aliphatic carbocycles. The quantitative estimate of drug-likeness (QED) is 0.0382. The van der Waals surface area contributed by atoms with E-state index < -0.39 is 84.2 Å². The van der Waals surface area contributed by atoms with Gasteiger partial charge < -0.3 is 41.4 Å². The SMILES string of the molecule is CCC[C@H](NC(=O)C1C[C@@H](NC(=O)OCC2c3ccccc3-c3ccccc32)CN1C(=O)OC(C)(C)C)C(=NNC(=O)NC(c1ccccc1)c1ccccc1)C(=O)NCC(=O)N[C@H](C(=O)NC)c1ccccc1. The number of likely N-dealkylation sites (N-methyl/N-ethyl adjacent to an activating group) is 1. The molecule has 7 N–H and O–H groups in total. The molecule has 0 aromatic heterocycles. The van der Waals surface area contributed by atoms with Crippen LogP contribution in [0.5, 0.6) is 0 Å². The summed E-state index contributed by atoms with van der Waals surface area (Å²) in [4.78, 5) is 97.5. The zero-order chi connectivity index (χ0) is 52.8. The first-order valence-electron chi connectivity index (χ1n) is 24.6. The molecular formula is C56H63N9O9. The molecule has 7 rings (SSSR count). The summed E-state index contributed by atoms with van der Waals surface area (Å²) in [6.07, 6.45) is -1.10. The summed E-state index contributed by atoms with van der Waals surface area (Å²) in [5, 5.41) is 20.6. The van der Waals surface area contributed by atoms with Crippen LogP contribution in [-0.4, -0.2) is 103 Å². The largest absolute Gasteiger partial charge is 0.449 e. The van der Waals surface area contributed by atoms with Crippen molar-refractivity contribution in [2.45, 2.75) is 88.7 Å². The van der Waals surface area contributed by atoms with Crippen LogP contribution < -0.4 is 37.3 Å². The van der Waals surface area contributed by atoms with Gasteiger partial charge in [-0.1, -0.05) is 153 Å². The van der Waals surface area contributed by atoms with E-state index in [4.69, 9.17) is 9.47 Å². The van der Waals surface area contributed by atoms with Crippen molar-refractivity contribution in [2.75, 3.05) is 26.7 Å². The summed E-state index contributed by atoms with van der Waals surface area (Å²) in [6, 6.07) is 37.2. The number of carbonyl (C=O) groups excluding carboxylic acids is 7. The number of alkyl carbamates (subject to hydrolysis) is 1. The fourth-order valence-corrected chi connectivity index (χ4v) is 9.12. The highest BCUT2D eigenvalue weighted by atomic mass is 16.6. The second kappa shape index (κ2) is 24.7. The molecule has 386 valence electrons. The van der Waals surface area contributed by atoms with E-state index in [1.807, 2.05) is 116 Å². The monoisotopic (exact) mass is 1010 g/mol. The molecule has 18 nitrogen and oxygen atoms in total. The second-order valence-corrected chi connectivity index (χ2v) is 18.9. The molecule has 8 amide bonds. The molecular weight excluding hydrogens is 943 g/mol. The lowest BCUT2D eigenvalue weighted by Gasteiger charge is -2.29. The molecule has 1 heterocycles. The summed E-state index contributed by atoms with van der Waals surface area (Å²) < 4.78 is 11.5. The Hall–Kier alpha value is -8.54. The van der Waals surface area contributed by atoms with E-state index in [1.54, 1.807) is 51.1 Å². The minimum absolute atomic E-state index is 0.0453. The lowest BCUT2D eigenvalue weighted by molar-refractivity contribution is -0.129. The lowest BCUT2D eigenvalue weighted by Crippen LogP contribution is -2.55. The highest BCUT2D eigenvalue weighted by molar-refractivity contribution is 6.41. The van der Waals surface area contributed by atoms with Gasteiger partial charge in [0, 0.05) is 19.5 Å². The number of benzene rings is 5. The fourth-order valence-electron chi connectivity index (χ4n) is 9.12. The van der Waals surface area contributed by atoms with Gasteiger partial charge in [-0.25, -0.2) is 19.8 Å². The molecule has 74 heavy (non-hydrogen) atoms. The molecule has 18 heteroatoms. The summed E-state index contributed by atoms with van der Waals surface area (Å²) in [6.45, 7) is 6.18. The standard InChI is InChI=1S/C56H63N9O9/c1-6-20-44(60-50(67)45-31-38(33-65(45)55(72)74-56(2,3)4)59-54(71)73-34-43-41-29-18-16-27-39(41)40-28-17-19-30-42(40)43)49(52(69)58-32-46(66)61-48(51(68)57-5)37-25-14-9-15-26-37)63-64-53(70)62-47(35-21-10-7-11-22-35)36-23-12-8-13-24-36/h7-19,21-30,38,43-45,47-48H,6,20,31-34H2,1-5H3,(H,57,68)(H,58,69)(H,59,71)(H,60,67)(H,61,66)(H2,62,64,70)/t38-,44+,45?,48+/m1/s1. The number of hydrogen-bond acceptors (Lipinski definition) is 10. The molecule has 1 fully saturated rings. The number of fused-ring (bicyclic) bond motifs is 3. The Morgan fingerprint density at radius 2 is 1.27 bits per heavy atom. The number of hydrazone groups is 1. The van der Waals surface area contributed by atoms with Crippen LogP contribution in [0.2, 0.25) is 0 Å². The predicted molar refractivity (Wildman–Crippen MR) is 278 cm³/mol. The number of hydrogen-bond donors (Lipinski definition) is 7. The van der Waals surface area contributed by atoms with E-state index >= 15 is 0 Å². The number of nitrogens with one attached hydrogen (secondary N) is 7. The molecule has 5 aromatic carbocycles. The minimum atomic E-state index is -1.22. The van der Waals surface area contributed by atoms with Crippen LogP contribution in [0.4, 0.5) is 14.4 Å². The first kappa shape index (κ1) is 53.3. The lowest BCUT2D eigenvalue weighted by atomic mass is 9.98. The van der Waals surface area contributed by atoms with E-state index in [9.17, 15) is 33.6 Å². The Balaban J connectivity index is 1.10. The first-order valence-corrected chi connectivity index (χ1v) is 24.6. The molecule has 2 aliphatic rings. The number of urea groups is 1. The van der Waals surface area contributed by atoms with Crippen molar-refractivity contribution in [2.24, 2.45) is 5.10 Å². The van der Waals surface area contributed by atoms with Crippen molar-refractivity contribution in [3.63, 3.8) is 0 Å². The maximum atomic E-state index is 14.6. The Morgan fingerprint density at radius 1 is 0.716 bits per heavy atom. The molecule has 0 radical (unpaired) electrons. The number of ether oxygens (including phenoxy) is 2. The minimum Gasteiger partial charge on any atom is -0.449 e. The van der Waals surface area contributed by atoms with Crippen LogP contribution in [0, 0.1) is 0 Å².